The molecule has 5 heteroatoms. The number of thiophene rings is 1. The van der Waals surface area contributed by atoms with E-state index in [1.54, 1.807) is 13.1 Å². The Morgan fingerprint density at radius 2 is 1.95 bits per heavy atom. The molecule has 1 aromatic heterocycles. The molecule has 0 unspecified atom stereocenters. The zero-order chi connectivity index (χ0) is 15.4. The number of anilines is 1. The van der Waals surface area contributed by atoms with E-state index in [0.29, 0.717) is 4.88 Å². The second-order valence-electron chi connectivity index (χ2n) is 4.93. The van der Waals surface area contributed by atoms with Crippen molar-refractivity contribution in [3.63, 3.8) is 0 Å². The Balaban J connectivity index is 1.98. The molecule has 1 heterocycles. The Morgan fingerprint density at radius 1 is 1.19 bits per heavy atom. The summed E-state index contributed by atoms with van der Waals surface area (Å²) in [6, 6.07) is 9.34. The molecule has 2 amide bonds. The largest absolute Gasteiger partial charge is 0.332 e. The molecule has 0 aliphatic carbocycles. The number of carbonyl (C=O) groups excluding carboxylic acids is 2. The smallest absolute Gasteiger partial charge is 0.264 e. The highest BCUT2D eigenvalue weighted by atomic mass is 32.1. The number of rotatable bonds is 4. The number of nitrogens with zero attached hydrogens (tertiary/aromatic N) is 1. The molecular weight excluding hydrogens is 284 g/mol. The second kappa shape index (κ2) is 6.54. The summed E-state index contributed by atoms with van der Waals surface area (Å²) in [4.78, 5) is 26.2. The molecule has 0 bridgehead atoms. The van der Waals surface area contributed by atoms with Crippen LogP contribution in [0.25, 0.3) is 0 Å². The highest BCUT2D eigenvalue weighted by Gasteiger charge is 2.16. The van der Waals surface area contributed by atoms with Crippen LogP contribution in [0.4, 0.5) is 5.69 Å². The Labute approximate surface area is 128 Å². The first kappa shape index (κ1) is 15.3. The van der Waals surface area contributed by atoms with Crippen LogP contribution < -0.4 is 5.32 Å². The molecule has 0 aliphatic heterocycles. The Morgan fingerprint density at radius 3 is 2.62 bits per heavy atom. The summed E-state index contributed by atoms with van der Waals surface area (Å²) in [5.74, 6) is -0.336. The van der Waals surface area contributed by atoms with Crippen LogP contribution in [0.5, 0.6) is 0 Å². The number of benzene rings is 1. The third-order valence-electron chi connectivity index (χ3n) is 3.34. The summed E-state index contributed by atoms with van der Waals surface area (Å²) < 4.78 is 0. The summed E-state index contributed by atoms with van der Waals surface area (Å²) in [6.45, 7) is 3.99. The van der Waals surface area contributed by atoms with Gasteiger partial charge in [0.1, 0.15) is 0 Å². The number of hydrogen-bond donors (Lipinski definition) is 1. The fourth-order valence-corrected chi connectivity index (χ4v) is 2.67. The standard InChI is InChI=1S/C16H18N2O2S/c1-11-6-4-7-13(12(11)2)17-15(19)10-18(3)16(20)14-8-5-9-21-14/h4-9H,10H2,1-3H3,(H,17,19). The van der Waals surface area contributed by atoms with Gasteiger partial charge in [0, 0.05) is 12.7 Å². The maximum Gasteiger partial charge on any atom is 0.264 e. The SMILES string of the molecule is Cc1cccc(NC(=O)CN(C)C(=O)c2cccs2)c1C. The van der Waals surface area contributed by atoms with Gasteiger partial charge in [-0.05, 0) is 42.5 Å². The van der Waals surface area contributed by atoms with Crippen LogP contribution in [0.2, 0.25) is 0 Å². The lowest BCUT2D eigenvalue weighted by molar-refractivity contribution is -0.116. The van der Waals surface area contributed by atoms with Gasteiger partial charge in [0.15, 0.2) is 0 Å². The molecule has 0 saturated heterocycles. The average Bonchev–Trinajstić information content (AvgIpc) is 2.97. The summed E-state index contributed by atoms with van der Waals surface area (Å²) in [5, 5.41) is 4.70. The van der Waals surface area contributed by atoms with Crippen LogP contribution in [0, 0.1) is 13.8 Å². The van der Waals surface area contributed by atoms with Crippen LogP contribution in [-0.2, 0) is 4.79 Å². The molecule has 2 rings (SSSR count). The molecule has 2 aromatic rings. The highest BCUT2D eigenvalue weighted by Crippen LogP contribution is 2.18. The van der Waals surface area contributed by atoms with Crippen molar-refractivity contribution < 1.29 is 9.59 Å². The third-order valence-corrected chi connectivity index (χ3v) is 4.20. The molecule has 0 aliphatic rings. The number of hydrogen-bond acceptors (Lipinski definition) is 3. The van der Waals surface area contributed by atoms with Crippen molar-refractivity contribution in [3.8, 4) is 0 Å². The van der Waals surface area contributed by atoms with Crippen LogP contribution in [-0.4, -0.2) is 30.3 Å². The van der Waals surface area contributed by atoms with E-state index in [9.17, 15) is 9.59 Å². The molecular formula is C16H18N2O2S. The van der Waals surface area contributed by atoms with Crippen LogP contribution >= 0.6 is 11.3 Å². The van der Waals surface area contributed by atoms with E-state index in [0.717, 1.165) is 16.8 Å². The van der Waals surface area contributed by atoms with Gasteiger partial charge < -0.3 is 10.2 Å². The minimum Gasteiger partial charge on any atom is -0.332 e. The lowest BCUT2D eigenvalue weighted by Gasteiger charge is -2.17. The van der Waals surface area contributed by atoms with E-state index < -0.39 is 0 Å². The van der Waals surface area contributed by atoms with Crippen LogP contribution in [0.3, 0.4) is 0 Å². The predicted molar refractivity (Wildman–Crippen MR) is 85.8 cm³/mol. The summed E-state index contributed by atoms with van der Waals surface area (Å²) in [7, 11) is 1.63. The van der Waals surface area contributed by atoms with E-state index in [1.807, 2.05) is 43.5 Å². The number of nitrogens with one attached hydrogen (secondary N) is 1. The van der Waals surface area contributed by atoms with Crippen molar-refractivity contribution in [3.05, 3.63) is 51.7 Å². The van der Waals surface area contributed by atoms with Gasteiger partial charge in [-0.15, -0.1) is 11.3 Å². The van der Waals surface area contributed by atoms with Gasteiger partial charge in [0.2, 0.25) is 5.91 Å². The van der Waals surface area contributed by atoms with Gasteiger partial charge in [-0.3, -0.25) is 9.59 Å². The monoisotopic (exact) mass is 302 g/mol. The molecule has 1 N–H and O–H groups in total. The van der Waals surface area contributed by atoms with Crippen molar-refractivity contribution >= 4 is 28.8 Å². The predicted octanol–water partition coefficient (Wildman–Crippen LogP) is 3.08. The maximum absolute atomic E-state index is 12.1. The molecule has 0 saturated carbocycles. The third kappa shape index (κ3) is 3.70. The van der Waals surface area contributed by atoms with E-state index in [-0.39, 0.29) is 18.4 Å². The Kier molecular flexibility index (Phi) is 4.75. The van der Waals surface area contributed by atoms with Gasteiger partial charge in [-0.25, -0.2) is 0 Å². The molecule has 0 fully saturated rings. The quantitative estimate of drug-likeness (QED) is 0.943. The zero-order valence-corrected chi connectivity index (χ0v) is 13.2. The summed E-state index contributed by atoms with van der Waals surface area (Å²) >= 11 is 1.37. The molecule has 110 valence electrons. The van der Waals surface area contributed by atoms with Gasteiger partial charge in [0.25, 0.3) is 5.91 Å². The van der Waals surface area contributed by atoms with Crippen molar-refractivity contribution in [2.24, 2.45) is 0 Å². The van der Waals surface area contributed by atoms with Crippen molar-refractivity contribution in [1.29, 1.82) is 0 Å². The van der Waals surface area contributed by atoms with Gasteiger partial charge in [-0.1, -0.05) is 18.2 Å². The van der Waals surface area contributed by atoms with E-state index in [2.05, 4.69) is 5.32 Å². The summed E-state index contributed by atoms with van der Waals surface area (Å²) in [5.41, 5.74) is 2.95. The number of carbonyl (C=O) groups is 2. The minimum absolute atomic E-state index is 0.0319. The van der Waals surface area contributed by atoms with E-state index >= 15 is 0 Å². The van der Waals surface area contributed by atoms with Gasteiger partial charge >= 0.3 is 0 Å². The van der Waals surface area contributed by atoms with Crippen LogP contribution in [0.15, 0.2) is 35.7 Å². The molecule has 0 spiro atoms. The maximum atomic E-state index is 12.1. The lowest BCUT2D eigenvalue weighted by Crippen LogP contribution is -2.34. The number of likely N-dealkylation sites (N-methyl/N-ethyl adjacent to an activating group) is 1. The molecule has 0 atom stereocenters. The first-order valence-electron chi connectivity index (χ1n) is 6.64. The molecule has 0 radical (unpaired) electrons. The highest BCUT2D eigenvalue weighted by molar-refractivity contribution is 7.12. The fraction of sp³-hybridized carbons (Fsp3) is 0.250. The Bertz CT molecular complexity index is 650. The van der Waals surface area contributed by atoms with Crippen LogP contribution in [0.1, 0.15) is 20.8 Å². The van der Waals surface area contributed by atoms with Gasteiger partial charge in [-0.2, -0.15) is 0 Å². The number of aryl methyl sites for hydroxylation is 1. The van der Waals surface area contributed by atoms with E-state index in [1.165, 1.54) is 16.2 Å². The first-order chi connectivity index (χ1) is 9.99. The minimum atomic E-state index is -0.198. The molecule has 21 heavy (non-hydrogen) atoms. The van der Waals surface area contributed by atoms with Crippen molar-refractivity contribution in [2.45, 2.75) is 13.8 Å². The van der Waals surface area contributed by atoms with Crippen molar-refractivity contribution in [2.75, 3.05) is 18.9 Å². The van der Waals surface area contributed by atoms with E-state index in [4.69, 9.17) is 0 Å². The topological polar surface area (TPSA) is 49.4 Å². The normalized spacial score (nSPS) is 10.2. The second-order valence-corrected chi connectivity index (χ2v) is 5.88. The molecule has 4 nitrogen and oxygen atoms in total. The lowest BCUT2D eigenvalue weighted by atomic mass is 10.1. The van der Waals surface area contributed by atoms with Gasteiger partial charge in [0.05, 0.1) is 11.4 Å². The number of amides is 2. The summed E-state index contributed by atoms with van der Waals surface area (Å²) in [6.07, 6.45) is 0. The molecule has 1 aromatic carbocycles. The Hall–Kier alpha value is -2.14. The fourth-order valence-electron chi connectivity index (χ4n) is 1.95. The first-order valence-corrected chi connectivity index (χ1v) is 7.52. The van der Waals surface area contributed by atoms with Crippen molar-refractivity contribution in [1.82, 2.24) is 4.90 Å². The zero-order valence-electron chi connectivity index (χ0n) is 12.3. The average molecular weight is 302 g/mol.